The smallest absolute Gasteiger partial charge is 0.406 e. The molecule has 0 atom stereocenters. The lowest BCUT2D eigenvalue weighted by Crippen LogP contribution is -2.17. The lowest BCUT2D eigenvalue weighted by molar-refractivity contribution is -0.274. The molecule has 0 spiro atoms. The minimum Gasteiger partial charge on any atom is -0.406 e. The number of hydrogen-bond donors (Lipinski definition) is 0. The molecule has 3 aromatic carbocycles. The Hall–Kier alpha value is -3.52. The van der Waals surface area contributed by atoms with Crippen molar-refractivity contribution in [3.8, 4) is 11.5 Å². The minimum absolute atomic E-state index is 0.293. The normalized spacial score (nSPS) is 12.2. The Morgan fingerprint density at radius 2 is 1.58 bits per heavy atom. The zero-order valence-electron chi connectivity index (χ0n) is 20.3. The highest BCUT2D eigenvalue weighted by molar-refractivity contribution is 7.80. The van der Waals surface area contributed by atoms with E-state index in [0.29, 0.717) is 29.5 Å². The topological polar surface area (TPSA) is 43.2 Å². The van der Waals surface area contributed by atoms with Crippen LogP contribution in [0.15, 0.2) is 82.9 Å². The number of rotatable bonds is 10. The molecule has 0 unspecified atom stereocenters. The van der Waals surface area contributed by atoms with E-state index in [9.17, 15) is 13.2 Å². The summed E-state index contributed by atoms with van der Waals surface area (Å²) in [6.45, 7) is 6.52. The van der Waals surface area contributed by atoms with Crippen molar-refractivity contribution in [2.45, 2.75) is 39.5 Å². The molecule has 0 saturated heterocycles. The highest BCUT2D eigenvalue weighted by Gasteiger charge is 2.30. The standard InChI is InChI=1S/C28H27F3N2O2S/c1-19(2)27-7-5-4-6-23(27)16-26(36)18-32-17-21-8-12-25(13-9-21)35-33-20(3)22-10-14-24(15-11-22)34-28(29,30)31/h4-15,17,19H,16,18H2,1-3H3/b32-17?,33-20+. The van der Waals surface area contributed by atoms with Crippen molar-refractivity contribution in [1.29, 1.82) is 0 Å². The highest BCUT2D eigenvalue weighted by atomic mass is 32.1. The fraction of sp³-hybridized carbons (Fsp3) is 0.250. The van der Waals surface area contributed by atoms with Gasteiger partial charge in [-0.3, -0.25) is 4.99 Å². The number of hydrogen-bond acceptors (Lipinski definition) is 5. The number of benzene rings is 3. The third-order valence-corrected chi connectivity index (χ3v) is 5.52. The average Bonchev–Trinajstić information content (AvgIpc) is 2.83. The molecule has 4 nitrogen and oxygen atoms in total. The van der Waals surface area contributed by atoms with E-state index < -0.39 is 6.36 Å². The summed E-state index contributed by atoms with van der Waals surface area (Å²) in [6, 6.07) is 21.0. The van der Waals surface area contributed by atoms with Crippen molar-refractivity contribution in [2.24, 2.45) is 10.1 Å². The Kier molecular flexibility index (Phi) is 9.36. The second-order valence-corrected chi connectivity index (χ2v) is 9.03. The number of aliphatic imine (C=N–C) groups is 1. The van der Waals surface area contributed by atoms with E-state index in [1.165, 1.54) is 35.4 Å². The van der Waals surface area contributed by atoms with E-state index in [1.54, 1.807) is 25.3 Å². The molecule has 0 heterocycles. The molecule has 0 amide bonds. The molecular weight excluding hydrogens is 485 g/mol. The van der Waals surface area contributed by atoms with E-state index in [2.05, 4.69) is 40.9 Å². The molecule has 0 N–H and O–H groups in total. The van der Waals surface area contributed by atoms with Crippen molar-refractivity contribution in [3.63, 3.8) is 0 Å². The van der Waals surface area contributed by atoms with Crippen LogP contribution < -0.4 is 9.57 Å². The number of halogens is 3. The van der Waals surface area contributed by atoms with Gasteiger partial charge in [0.1, 0.15) is 5.75 Å². The molecule has 0 aliphatic rings. The summed E-state index contributed by atoms with van der Waals surface area (Å²) >= 11 is 5.54. The maximum absolute atomic E-state index is 12.3. The van der Waals surface area contributed by atoms with Gasteiger partial charge in [0.05, 0.1) is 12.3 Å². The molecule has 0 fully saturated rings. The summed E-state index contributed by atoms with van der Waals surface area (Å²) in [5.74, 6) is 0.669. The Bertz CT molecular complexity index is 1220. The van der Waals surface area contributed by atoms with Gasteiger partial charge in [0, 0.05) is 17.5 Å². The van der Waals surface area contributed by atoms with Crippen LogP contribution in [0.5, 0.6) is 11.5 Å². The number of ether oxygens (including phenoxy) is 1. The van der Waals surface area contributed by atoms with Crippen molar-refractivity contribution >= 4 is 29.0 Å². The van der Waals surface area contributed by atoms with Gasteiger partial charge in [-0.2, -0.15) is 0 Å². The van der Waals surface area contributed by atoms with Crippen molar-refractivity contribution in [2.75, 3.05) is 6.54 Å². The Balaban J connectivity index is 1.51. The summed E-state index contributed by atoms with van der Waals surface area (Å²) < 4.78 is 40.7. The van der Waals surface area contributed by atoms with Gasteiger partial charge < -0.3 is 9.57 Å². The first-order valence-electron chi connectivity index (χ1n) is 11.4. The highest BCUT2D eigenvalue weighted by Crippen LogP contribution is 2.23. The quantitative estimate of drug-likeness (QED) is 0.160. The molecule has 188 valence electrons. The molecule has 0 aliphatic heterocycles. The molecule has 8 heteroatoms. The van der Waals surface area contributed by atoms with Gasteiger partial charge in [0.15, 0.2) is 5.75 Å². The molecular formula is C28H27F3N2O2S. The molecule has 0 aliphatic carbocycles. The maximum Gasteiger partial charge on any atom is 0.573 e. The van der Waals surface area contributed by atoms with E-state index in [4.69, 9.17) is 17.1 Å². The average molecular weight is 513 g/mol. The van der Waals surface area contributed by atoms with Gasteiger partial charge in [-0.25, -0.2) is 0 Å². The zero-order valence-corrected chi connectivity index (χ0v) is 21.1. The van der Waals surface area contributed by atoms with Crippen LogP contribution in [0.2, 0.25) is 0 Å². The molecule has 0 bridgehead atoms. The minimum atomic E-state index is -4.73. The lowest BCUT2D eigenvalue weighted by Gasteiger charge is -2.12. The summed E-state index contributed by atoms with van der Waals surface area (Å²) in [4.78, 5) is 10.8. The van der Waals surface area contributed by atoms with Gasteiger partial charge in [0.25, 0.3) is 0 Å². The summed E-state index contributed by atoms with van der Waals surface area (Å²) in [6.07, 6.45) is -2.23. The number of nitrogens with zero attached hydrogens (tertiary/aromatic N) is 2. The second-order valence-electron chi connectivity index (χ2n) is 8.45. The largest absolute Gasteiger partial charge is 0.573 e. The van der Waals surface area contributed by atoms with E-state index in [0.717, 1.165) is 16.8 Å². The van der Waals surface area contributed by atoms with Gasteiger partial charge in [0.2, 0.25) is 0 Å². The van der Waals surface area contributed by atoms with Crippen LogP contribution in [-0.4, -0.2) is 29.7 Å². The van der Waals surface area contributed by atoms with Gasteiger partial charge in [-0.05, 0) is 83.6 Å². The fourth-order valence-electron chi connectivity index (χ4n) is 3.47. The first kappa shape index (κ1) is 27.1. The van der Waals surface area contributed by atoms with Crippen LogP contribution in [-0.2, 0) is 6.42 Å². The van der Waals surface area contributed by atoms with Crippen LogP contribution >= 0.6 is 12.2 Å². The maximum atomic E-state index is 12.3. The number of alkyl halides is 3. The zero-order chi connectivity index (χ0) is 26.1. The predicted octanol–water partition coefficient (Wildman–Crippen LogP) is 7.54. The van der Waals surface area contributed by atoms with Crippen LogP contribution in [0.3, 0.4) is 0 Å². The fourth-order valence-corrected chi connectivity index (χ4v) is 3.70. The monoisotopic (exact) mass is 512 g/mol. The van der Waals surface area contributed by atoms with Crippen LogP contribution in [0.1, 0.15) is 48.9 Å². The third kappa shape index (κ3) is 8.61. The summed E-state index contributed by atoms with van der Waals surface area (Å²) in [5, 5.41) is 4.05. The van der Waals surface area contributed by atoms with Crippen molar-refractivity contribution in [3.05, 3.63) is 95.1 Å². The first-order chi connectivity index (χ1) is 17.1. The third-order valence-electron chi connectivity index (χ3n) is 5.25. The number of thiocarbonyl (C=S) groups is 1. The number of oxime groups is 1. The van der Waals surface area contributed by atoms with E-state index in [-0.39, 0.29) is 5.75 Å². The van der Waals surface area contributed by atoms with Crippen molar-refractivity contribution in [1.82, 2.24) is 0 Å². The molecule has 3 rings (SSSR count). The molecule has 0 aromatic heterocycles. The van der Waals surface area contributed by atoms with Crippen molar-refractivity contribution < 1.29 is 22.7 Å². The van der Waals surface area contributed by atoms with Crippen LogP contribution in [0.4, 0.5) is 13.2 Å². The first-order valence-corrected chi connectivity index (χ1v) is 11.8. The predicted molar refractivity (Wildman–Crippen MR) is 142 cm³/mol. The Labute approximate surface area is 214 Å². The molecule has 3 aromatic rings. The molecule has 36 heavy (non-hydrogen) atoms. The van der Waals surface area contributed by atoms with Gasteiger partial charge in [-0.1, -0.05) is 55.5 Å². The summed E-state index contributed by atoms with van der Waals surface area (Å²) in [5.41, 5.74) is 4.57. The summed E-state index contributed by atoms with van der Waals surface area (Å²) in [7, 11) is 0. The van der Waals surface area contributed by atoms with Crippen LogP contribution in [0, 0.1) is 0 Å². The SMILES string of the molecule is C/C(=N\Oc1ccc(C=NCC(=S)Cc2ccccc2C(C)C)cc1)c1ccc(OC(F)(F)F)cc1. The molecule has 0 radical (unpaired) electrons. The van der Waals surface area contributed by atoms with Gasteiger partial charge in [-0.15, -0.1) is 13.2 Å². The van der Waals surface area contributed by atoms with Crippen LogP contribution in [0.25, 0.3) is 0 Å². The second kappa shape index (κ2) is 12.4. The van der Waals surface area contributed by atoms with Gasteiger partial charge >= 0.3 is 6.36 Å². The molecule has 0 saturated carbocycles. The van der Waals surface area contributed by atoms with E-state index in [1.807, 2.05) is 24.3 Å². The Morgan fingerprint density at radius 3 is 2.22 bits per heavy atom. The van der Waals surface area contributed by atoms with E-state index >= 15 is 0 Å². The Morgan fingerprint density at radius 1 is 0.944 bits per heavy atom. The lowest BCUT2D eigenvalue weighted by atomic mass is 9.94.